The lowest BCUT2D eigenvalue weighted by Gasteiger charge is -2.28. The maximum atomic E-state index is 13.9. The van der Waals surface area contributed by atoms with E-state index >= 15 is 0 Å². The molecule has 3 atom stereocenters. The van der Waals surface area contributed by atoms with Gasteiger partial charge in [-0.15, -0.1) is 0 Å². The summed E-state index contributed by atoms with van der Waals surface area (Å²) in [5.74, 6) is -1.14. The van der Waals surface area contributed by atoms with E-state index in [0.717, 1.165) is 37.3 Å². The molecule has 1 saturated heterocycles. The molecule has 8 nitrogen and oxygen atoms in total. The summed E-state index contributed by atoms with van der Waals surface area (Å²) in [6.07, 6.45) is -0.0370. The molecular formula is C18H23F2N5O3S2. The SMILES string of the molecule is CC(Nc1cc(NS(=O)N2CCC2)nc(SCc2cccc(F)c2F)n1)[C@H](O)CO. The highest BCUT2D eigenvalue weighted by atomic mass is 32.2. The van der Waals surface area contributed by atoms with Crippen LogP contribution in [0.1, 0.15) is 18.9 Å². The topological polar surface area (TPSA) is 111 Å². The van der Waals surface area contributed by atoms with Crippen LogP contribution in [0.25, 0.3) is 0 Å². The van der Waals surface area contributed by atoms with Crippen molar-refractivity contribution in [2.24, 2.45) is 0 Å². The Labute approximate surface area is 179 Å². The molecule has 0 bridgehead atoms. The summed E-state index contributed by atoms with van der Waals surface area (Å²) >= 11 is -0.370. The van der Waals surface area contributed by atoms with E-state index in [-0.39, 0.29) is 22.3 Å². The summed E-state index contributed by atoms with van der Waals surface area (Å²) in [6, 6.07) is 4.97. The Bertz CT molecular complexity index is 904. The standard InChI is InChI=1S/C18H23F2N5O3S2/c1-11(14(27)9-26)21-15-8-16(24-30(28)25-6-3-7-25)23-18(22-15)29-10-12-4-2-5-13(19)17(12)20/h2,4-5,8,11,14,26-27H,3,6-7,9-10H2,1H3,(H2,21,22,23,24)/t11?,14-,30?/m1/s1. The second-order valence-corrected chi connectivity index (χ2v) is 8.90. The number of anilines is 2. The van der Waals surface area contributed by atoms with Crippen LogP contribution in [0.15, 0.2) is 29.4 Å². The number of thioether (sulfide) groups is 1. The van der Waals surface area contributed by atoms with Crippen molar-refractivity contribution in [3.63, 3.8) is 0 Å². The highest BCUT2D eigenvalue weighted by Crippen LogP contribution is 2.26. The van der Waals surface area contributed by atoms with Crippen LogP contribution in [-0.4, -0.2) is 60.5 Å². The Balaban J connectivity index is 1.78. The highest BCUT2D eigenvalue weighted by Gasteiger charge is 2.21. The summed E-state index contributed by atoms with van der Waals surface area (Å²) in [6.45, 7) is 2.68. The molecule has 12 heteroatoms. The van der Waals surface area contributed by atoms with Gasteiger partial charge >= 0.3 is 0 Å². The first-order valence-electron chi connectivity index (χ1n) is 9.31. The Morgan fingerprint density at radius 3 is 2.70 bits per heavy atom. The van der Waals surface area contributed by atoms with Crippen LogP contribution in [0.2, 0.25) is 0 Å². The first kappa shape index (κ1) is 22.8. The normalized spacial score (nSPS) is 17.1. The van der Waals surface area contributed by atoms with Gasteiger partial charge in [0.1, 0.15) is 11.6 Å². The molecule has 2 heterocycles. The molecule has 4 N–H and O–H groups in total. The van der Waals surface area contributed by atoms with E-state index in [1.807, 2.05) is 0 Å². The zero-order valence-electron chi connectivity index (χ0n) is 16.2. The lowest BCUT2D eigenvalue weighted by atomic mass is 10.2. The van der Waals surface area contributed by atoms with Crippen LogP contribution in [0.3, 0.4) is 0 Å². The van der Waals surface area contributed by atoms with E-state index in [2.05, 4.69) is 20.0 Å². The Morgan fingerprint density at radius 2 is 2.03 bits per heavy atom. The lowest BCUT2D eigenvalue weighted by Crippen LogP contribution is -2.41. The van der Waals surface area contributed by atoms with Crippen molar-refractivity contribution in [3.8, 4) is 0 Å². The van der Waals surface area contributed by atoms with Gasteiger partial charge in [-0.1, -0.05) is 23.9 Å². The summed E-state index contributed by atoms with van der Waals surface area (Å²) in [7, 11) is 0. The molecule has 2 unspecified atom stereocenters. The molecule has 1 aromatic heterocycles. The number of nitrogens with zero attached hydrogens (tertiary/aromatic N) is 3. The summed E-state index contributed by atoms with van der Waals surface area (Å²) in [5, 5.41) is 22.1. The molecular weight excluding hydrogens is 436 g/mol. The molecule has 0 saturated carbocycles. The first-order valence-corrected chi connectivity index (χ1v) is 11.4. The minimum Gasteiger partial charge on any atom is -0.394 e. The Morgan fingerprint density at radius 1 is 1.30 bits per heavy atom. The van der Waals surface area contributed by atoms with Crippen LogP contribution in [0.5, 0.6) is 0 Å². The van der Waals surface area contributed by atoms with Crippen LogP contribution in [0.4, 0.5) is 20.4 Å². The molecule has 1 aliphatic heterocycles. The van der Waals surface area contributed by atoms with Crippen molar-refractivity contribution in [2.45, 2.75) is 36.4 Å². The third-order valence-electron chi connectivity index (χ3n) is 4.48. The number of nitrogens with one attached hydrogen (secondary N) is 2. The largest absolute Gasteiger partial charge is 0.394 e. The van der Waals surface area contributed by atoms with Crippen molar-refractivity contribution in [2.75, 3.05) is 29.7 Å². The van der Waals surface area contributed by atoms with E-state index in [9.17, 15) is 18.1 Å². The summed E-state index contributed by atoms with van der Waals surface area (Å²) in [5.41, 5.74) is 0.171. The quantitative estimate of drug-likeness (QED) is 0.317. The second-order valence-electron chi connectivity index (χ2n) is 6.74. The second kappa shape index (κ2) is 10.4. The molecule has 2 aromatic rings. The molecule has 1 fully saturated rings. The molecule has 3 rings (SSSR count). The number of halogens is 2. The van der Waals surface area contributed by atoms with E-state index in [1.165, 1.54) is 18.2 Å². The van der Waals surface area contributed by atoms with E-state index < -0.39 is 41.6 Å². The monoisotopic (exact) mass is 459 g/mol. The molecule has 1 aromatic carbocycles. The maximum absolute atomic E-state index is 13.9. The van der Waals surface area contributed by atoms with Crippen LogP contribution in [-0.2, 0) is 16.9 Å². The first-order chi connectivity index (χ1) is 14.4. The van der Waals surface area contributed by atoms with Gasteiger partial charge in [-0.3, -0.25) is 4.72 Å². The van der Waals surface area contributed by atoms with Crippen LogP contribution >= 0.6 is 11.8 Å². The van der Waals surface area contributed by atoms with Gasteiger partial charge in [-0.25, -0.2) is 27.3 Å². The van der Waals surface area contributed by atoms with Crippen molar-refractivity contribution in [1.82, 2.24) is 14.3 Å². The lowest BCUT2D eigenvalue weighted by molar-refractivity contribution is 0.0837. The number of hydrogen-bond donors (Lipinski definition) is 4. The average molecular weight is 460 g/mol. The van der Waals surface area contributed by atoms with Gasteiger partial charge in [0.2, 0.25) is 0 Å². The summed E-state index contributed by atoms with van der Waals surface area (Å²) < 4.78 is 44.2. The summed E-state index contributed by atoms with van der Waals surface area (Å²) in [4.78, 5) is 8.63. The fourth-order valence-corrected chi connectivity index (χ4v) is 4.35. The fourth-order valence-electron chi connectivity index (χ4n) is 2.51. The number of aliphatic hydroxyl groups is 2. The van der Waals surface area contributed by atoms with Crippen molar-refractivity contribution < 1.29 is 23.2 Å². The van der Waals surface area contributed by atoms with Gasteiger partial charge in [0, 0.05) is 30.5 Å². The third kappa shape index (κ3) is 5.85. The minimum absolute atomic E-state index is 0.0938. The van der Waals surface area contributed by atoms with Gasteiger partial charge in [0.15, 0.2) is 28.0 Å². The van der Waals surface area contributed by atoms with Crippen molar-refractivity contribution >= 4 is 34.6 Å². The average Bonchev–Trinajstić information content (AvgIpc) is 2.66. The number of rotatable bonds is 10. The molecule has 0 aliphatic carbocycles. The van der Waals surface area contributed by atoms with Crippen molar-refractivity contribution in [1.29, 1.82) is 0 Å². The number of hydrogen-bond acceptors (Lipinski definition) is 7. The minimum atomic E-state index is -1.46. The van der Waals surface area contributed by atoms with Crippen LogP contribution in [0, 0.1) is 11.6 Å². The van der Waals surface area contributed by atoms with Gasteiger partial charge in [-0.05, 0) is 19.4 Å². The highest BCUT2D eigenvalue weighted by molar-refractivity contribution is 7.98. The molecule has 0 radical (unpaired) electrons. The van der Waals surface area contributed by atoms with Gasteiger partial charge < -0.3 is 15.5 Å². The third-order valence-corrected chi connectivity index (χ3v) is 6.59. The molecule has 164 valence electrons. The van der Waals surface area contributed by atoms with Crippen LogP contribution < -0.4 is 10.0 Å². The predicted molar refractivity (Wildman–Crippen MR) is 112 cm³/mol. The number of aromatic nitrogens is 2. The zero-order valence-corrected chi connectivity index (χ0v) is 17.8. The van der Waals surface area contributed by atoms with Gasteiger partial charge in [0.05, 0.1) is 18.8 Å². The predicted octanol–water partition coefficient (Wildman–Crippen LogP) is 1.90. The van der Waals surface area contributed by atoms with E-state index in [1.54, 1.807) is 11.2 Å². The van der Waals surface area contributed by atoms with E-state index in [4.69, 9.17) is 5.11 Å². The van der Waals surface area contributed by atoms with Gasteiger partial charge in [0.25, 0.3) is 0 Å². The van der Waals surface area contributed by atoms with E-state index in [0.29, 0.717) is 5.82 Å². The molecule has 0 amide bonds. The molecule has 1 aliphatic rings. The smallest absolute Gasteiger partial charge is 0.197 e. The fraction of sp³-hybridized carbons (Fsp3) is 0.444. The number of aliphatic hydroxyl groups excluding tert-OH is 2. The Hall–Kier alpha value is -1.86. The Kier molecular flexibility index (Phi) is 7.94. The molecule has 30 heavy (non-hydrogen) atoms. The maximum Gasteiger partial charge on any atom is 0.197 e. The van der Waals surface area contributed by atoms with Gasteiger partial charge in [-0.2, -0.15) is 0 Å². The van der Waals surface area contributed by atoms with Crippen molar-refractivity contribution in [3.05, 3.63) is 41.5 Å². The number of benzene rings is 1. The molecule has 0 spiro atoms. The zero-order chi connectivity index (χ0) is 21.7.